The summed E-state index contributed by atoms with van der Waals surface area (Å²) in [6.07, 6.45) is 0. The Hall–Kier alpha value is -0.710. The number of carbonyl (C=O) groups excluding carboxylic acids is 1. The minimum atomic E-state index is -2.66. The number of rotatable bonds is 4. The molecule has 0 atom stereocenters. The minimum absolute atomic E-state index is 0.212. The van der Waals surface area contributed by atoms with Gasteiger partial charge >= 0.3 is 5.97 Å². The van der Waals surface area contributed by atoms with E-state index in [4.69, 9.17) is 0 Å². The van der Waals surface area contributed by atoms with Crippen molar-refractivity contribution in [3.63, 3.8) is 0 Å². The van der Waals surface area contributed by atoms with Gasteiger partial charge in [-0.15, -0.1) is 0 Å². The number of halogens is 2. The number of ether oxygens (including phenoxy) is 1. The number of alkyl halides is 2. The summed E-state index contributed by atoms with van der Waals surface area (Å²) in [7, 11) is 0. The molecule has 3 nitrogen and oxygen atoms in total. The first-order valence-electron chi connectivity index (χ1n) is 2.84. The van der Waals surface area contributed by atoms with Gasteiger partial charge in [-0.3, -0.25) is 10.1 Å². The summed E-state index contributed by atoms with van der Waals surface area (Å²) in [6, 6.07) is 0. The fourth-order valence-corrected chi connectivity index (χ4v) is 0.373. The third-order valence-corrected chi connectivity index (χ3v) is 0.706. The number of nitrogens with one attached hydrogen (secondary N) is 1. The van der Waals surface area contributed by atoms with E-state index in [0.717, 1.165) is 0 Å². The van der Waals surface area contributed by atoms with Crippen molar-refractivity contribution in [2.75, 3.05) is 13.2 Å². The first-order valence-corrected chi connectivity index (χ1v) is 2.84. The Kier molecular flexibility index (Phi) is 4.74. The molecule has 0 saturated heterocycles. The normalized spacial score (nSPS) is 10.0. The lowest BCUT2D eigenvalue weighted by atomic mass is 10.6. The SMILES string of the molecule is CCOC(=O)CNC(F)F. The topological polar surface area (TPSA) is 38.3 Å². The van der Waals surface area contributed by atoms with Crippen molar-refractivity contribution in [1.82, 2.24) is 5.32 Å². The summed E-state index contributed by atoms with van der Waals surface area (Å²) in [5, 5.41) is 1.62. The zero-order valence-corrected chi connectivity index (χ0v) is 5.56. The lowest BCUT2D eigenvalue weighted by Gasteiger charge is -2.01. The first-order chi connectivity index (χ1) is 4.66. The van der Waals surface area contributed by atoms with Gasteiger partial charge in [0.25, 0.3) is 6.55 Å². The maximum atomic E-state index is 11.3. The molecule has 0 radical (unpaired) electrons. The van der Waals surface area contributed by atoms with Crippen molar-refractivity contribution in [2.45, 2.75) is 13.5 Å². The van der Waals surface area contributed by atoms with E-state index >= 15 is 0 Å². The van der Waals surface area contributed by atoms with E-state index in [1.807, 2.05) is 0 Å². The highest BCUT2D eigenvalue weighted by Gasteiger charge is 2.05. The van der Waals surface area contributed by atoms with Gasteiger partial charge in [0.2, 0.25) is 0 Å². The van der Waals surface area contributed by atoms with Crippen LogP contribution in [0, 0.1) is 0 Å². The summed E-state index contributed by atoms with van der Waals surface area (Å²) in [5.41, 5.74) is 0. The van der Waals surface area contributed by atoms with Crippen LogP contribution in [-0.4, -0.2) is 25.7 Å². The van der Waals surface area contributed by atoms with Gasteiger partial charge in [-0.05, 0) is 6.92 Å². The van der Waals surface area contributed by atoms with Crippen LogP contribution in [0.15, 0.2) is 0 Å². The molecule has 0 aromatic carbocycles. The van der Waals surface area contributed by atoms with Gasteiger partial charge in [0, 0.05) is 0 Å². The molecule has 0 aromatic rings. The Balaban J connectivity index is 3.22. The van der Waals surface area contributed by atoms with Crippen LogP contribution in [0.4, 0.5) is 8.78 Å². The van der Waals surface area contributed by atoms with Crippen LogP contribution in [0.5, 0.6) is 0 Å². The predicted molar refractivity (Wildman–Crippen MR) is 30.6 cm³/mol. The van der Waals surface area contributed by atoms with E-state index < -0.39 is 19.1 Å². The minimum Gasteiger partial charge on any atom is -0.465 e. The molecule has 0 aliphatic heterocycles. The maximum absolute atomic E-state index is 11.3. The van der Waals surface area contributed by atoms with Crippen LogP contribution in [0.2, 0.25) is 0 Å². The zero-order valence-electron chi connectivity index (χ0n) is 5.56. The number of esters is 1. The summed E-state index contributed by atoms with van der Waals surface area (Å²) >= 11 is 0. The maximum Gasteiger partial charge on any atom is 0.320 e. The molecule has 0 fully saturated rings. The van der Waals surface area contributed by atoms with Gasteiger partial charge in [-0.1, -0.05) is 0 Å². The van der Waals surface area contributed by atoms with E-state index in [1.165, 1.54) is 0 Å². The number of hydrogen-bond acceptors (Lipinski definition) is 3. The quantitative estimate of drug-likeness (QED) is 0.468. The second kappa shape index (κ2) is 5.10. The van der Waals surface area contributed by atoms with Crippen LogP contribution in [0.1, 0.15) is 6.92 Å². The van der Waals surface area contributed by atoms with Gasteiger partial charge < -0.3 is 4.74 Å². The standard InChI is InChI=1S/C5H9F2NO2/c1-2-10-4(9)3-8-5(6)7/h5,8H,2-3H2,1H3. The second-order valence-corrected chi connectivity index (χ2v) is 1.49. The molecule has 1 N–H and O–H groups in total. The zero-order chi connectivity index (χ0) is 7.98. The lowest BCUT2D eigenvalue weighted by Crippen LogP contribution is -2.28. The highest BCUT2D eigenvalue weighted by atomic mass is 19.3. The molecule has 0 aliphatic rings. The van der Waals surface area contributed by atoms with E-state index in [1.54, 1.807) is 12.2 Å². The van der Waals surface area contributed by atoms with Crippen LogP contribution in [-0.2, 0) is 9.53 Å². The average molecular weight is 153 g/mol. The van der Waals surface area contributed by atoms with Crippen LogP contribution >= 0.6 is 0 Å². The van der Waals surface area contributed by atoms with Gasteiger partial charge in [0.05, 0.1) is 13.2 Å². The molecule has 0 unspecified atom stereocenters. The Bertz CT molecular complexity index is 108. The van der Waals surface area contributed by atoms with Crippen molar-refractivity contribution in [1.29, 1.82) is 0 Å². The molecule has 60 valence electrons. The smallest absolute Gasteiger partial charge is 0.320 e. The third kappa shape index (κ3) is 5.43. The molecule has 0 amide bonds. The number of hydrogen-bond donors (Lipinski definition) is 1. The van der Waals surface area contributed by atoms with Gasteiger partial charge in [0.1, 0.15) is 0 Å². The molecule has 0 heterocycles. The predicted octanol–water partition coefficient (Wildman–Crippen LogP) is 0.362. The molecule has 0 aromatic heterocycles. The van der Waals surface area contributed by atoms with Crippen molar-refractivity contribution >= 4 is 5.97 Å². The van der Waals surface area contributed by atoms with Crippen LogP contribution in [0.25, 0.3) is 0 Å². The van der Waals surface area contributed by atoms with Crippen LogP contribution in [0.3, 0.4) is 0 Å². The largest absolute Gasteiger partial charge is 0.465 e. The number of carbonyl (C=O) groups is 1. The van der Waals surface area contributed by atoms with Crippen molar-refractivity contribution in [2.24, 2.45) is 0 Å². The fourth-order valence-electron chi connectivity index (χ4n) is 0.373. The molecule has 0 bridgehead atoms. The monoisotopic (exact) mass is 153 g/mol. The molecule has 0 rings (SSSR count). The fraction of sp³-hybridized carbons (Fsp3) is 0.800. The Morgan fingerprint density at radius 2 is 2.30 bits per heavy atom. The molecule has 10 heavy (non-hydrogen) atoms. The second-order valence-electron chi connectivity index (χ2n) is 1.49. The summed E-state index contributed by atoms with van der Waals surface area (Å²) in [5.74, 6) is -0.664. The molecule has 0 saturated carbocycles. The van der Waals surface area contributed by atoms with Crippen LogP contribution < -0.4 is 5.32 Å². The molecular weight excluding hydrogens is 144 g/mol. The summed E-state index contributed by atoms with van der Waals surface area (Å²) in [6.45, 7) is -1.28. The van der Waals surface area contributed by atoms with Crippen molar-refractivity contribution in [3.05, 3.63) is 0 Å². The highest BCUT2D eigenvalue weighted by molar-refractivity contribution is 5.71. The average Bonchev–Trinajstić information content (AvgIpc) is 1.85. The lowest BCUT2D eigenvalue weighted by molar-refractivity contribution is -0.142. The Morgan fingerprint density at radius 3 is 2.70 bits per heavy atom. The summed E-state index contributed by atoms with van der Waals surface area (Å²) in [4.78, 5) is 10.3. The van der Waals surface area contributed by atoms with Crippen molar-refractivity contribution in [3.8, 4) is 0 Å². The Morgan fingerprint density at radius 1 is 1.70 bits per heavy atom. The highest BCUT2D eigenvalue weighted by Crippen LogP contribution is 1.84. The molecule has 5 heteroatoms. The van der Waals surface area contributed by atoms with Gasteiger partial charge in [-0.2, -0.15) is 8.78 Å². The van der Waals surface area contributed by atoms with E-state index in [2.05, 4.69) is 4.74 Å². The van der Waals surface area contributed by atoms with E-state index in [0.29, 0.717) is 0 Å². The Labute approximate surface area is 57.4 Å². The van der Waals surface area contributed by atoms with E-state index in [9.17, 15) is 13.6 Å². The van der Waals surface area contributed by atoms with Gasteiger partial charge in [-0.25, -0.2) is 0 Å². The van der Waals surface area contributed by atoms with E-state index in [-0.39, 0.29) is 6.61 Å². The van der Waals surface area contributed by atoms with Gasteiger partial charge in [0.15, 0.2) is 0 Å². The molecular formula is C5H9F2NO2. The first kappa shape index (κ1) is 9.29. The van der Waals surface area contributed by atoms with Crippen molar-refractivity contribution < 1.29 is 18.3 Å². The third-order valence-electron chi connectivity index (χ3n) is 0.706. The molecule has 0 spiro atoms. The molecule has 0 aliphatic carbocycles. The summed E-state index contributed by atoms with van der Waals surface area (Å²) < 4.78 is 27.0.